The van der Waals surface area contributed by atoms with Gasteiger partial charge in [0.2, 0.25) is 5.91 Å². The van der Waals surface area contributed by atoms with Crippen LogP contribution in [-0.4, -0.2) is 5.91 Å². The van der Waals surface area contributed by atoms with Gasteiger partial charge in [-0.1, -0.05) is 25.3 Å². The third-order valence-corrected chi connectivity index (χ3v) is 3.77. The van der Waals surface area contributed by atoms with E-state index in [1.54, 1.807) is 0 Å². The highest BCUT2D eigenvalue weighted by atomic mass is 16.2. The highest BCUT2D eigenvalue weighted by molar-refractivity contribution is 6.06. The molecular formula is C13H14NO. The number of carbonyl (C=O) groups excluding carboxylic acids is 1. The number of amides is 1. The van der Waals surface area contributed by atoms with E-state index in [1.165, 1.54) is 24.8 Å². The minimum absolute atomic E-state index is 0.205. The Hall–Kier alpha value is -1.31. The smallest absolute Gasteiger partial charge is 0.235 e. The maximum absolute atomic E-state index is 12.1. The quantitative estimate of drug-likeness (QED) is 0.685. The molecule has 1 heterocycles. The average molecular weight is 200 g/mol. The topological polar surface area (TPSA) is 29.1 Å². The van der Waals surface area contributed by atoms with E-state index >= 15 is 0 Å². The first-order valence-corrected chi connectivity index (χ1v) is 5.65. The number of hydrogen-bond donors (Lipinski definition) is 1. The molecule has 0 unspecified atom stereocenters. The zero-order chi connectivity index (χ0) is 10.3. The molecule has 1 radical (unpaired) electrons. The Morgan fingerprint density at radius 1 is 1.27 bits per heavy atom. The van der Waals surface area contributed by atoms with Gasteiger partial charge in [0.25, 0.3) is 0 Å². The van der Waals surface area contributed by atoms with Crippen molar-refractivity contribution in [2.75, 3.05) is 5.32 Å². The second kappa shape index (κ2) is 3.09. The van der Waals surface area contributed by atoms with Crippen molar-refractivity contribution in [3.8, 4) is 0 Å². The summed E-state index contributed by atoms with van der Waals surface area (Å²) in [6.45, 7) is 0. The van der Waals surface area contributed by atoms with Gasteiger partial charge in [0.1, 0.15) is 0 Å². The van der Waals surface area contributed by atoms with E-state index in [-0.39, 0.29) is 11.3 Å². The van der Waals surface area contributed by atoms with Crippen molar-refractivity contribution in [1.82, 2.24) is 0 Å². The molecule has 1 aliphatic heterocycles. The summed E-state index contributed by atoms with van der Waals surface area (Å²) in [6, 6.07) is 8.89. The van der Waals surface area contributed by atoms with E-state index in [4.69, 9.17) is 0 Å². The van der Waals surface area contributed by atoms with Gasteiger partial charge in [0, 0.05) is 5.69 Å². The fourth-order valence-corrected chi connectivity index (χ4v) is 2.95. The Kier molecular flexibility index (Phi) is 1.84. The molecule has 1 saturated carbocycles. The fraction of sp³-hybridized carbons (Fsp3) is 0.462. The lowest BCUT2D eigenvalue weighted by Crippen LogP contribution is -2.36. The van der Waals surface area contributed by atoms with E-state index in [2.05, 4.69) is 11.4 Å². The van der Waals surface area contributed by atoms with Crippen LogP contribution in [0.4, 0.5) is 5.69 Å². The maximum atomic E-state index is 12.1. The number of benzene rings is 1. The minimum Gasteiger partial charge on any atom is -0.325 e. The van der Waals surface area contributed by atoms with Gasteiger partial charge in [-0.15, -0.1) is 0 Å². The summed E-state index contributed by atoms with van der Waals surface area (Å²) in [5.41, 5.74) is 1.96. The molecule has 1 amide bonds. The van der Waals surface area contributed by atoms with Crippen LogP contribution >= 0.6 is 0 Å². The molecule has 2 heteroatoms. The number of rotatable bonds is 0. The Bertz CT molecular complexity index is 405. The third-order valence-electron chi connectivity index (χ3n) is 3.77. The van der Waals surface area contributed by atoms with Gasteiger partial charge in [0.15, 0.2) is 0 Å². The lowest BCUT2D eigenvalue weighted by molar-refractivity contribution is -0.121. The van der Waals surface area contributed by atoms with Crippen LogP contribution in [0.1, 0.15) is 37.7 Å². The normalized spacial score (nSPS) is 22.5. The van der Waals surface area contributed by atoms with Crippen LogP contribution in [0.5, 0.6) is 0 Å². The molecule has 77 valence electrons. The third kappa shape index (κ3) is 1.14. The lowest BCUT2D eigenvalue weighted by Gasteiger charge is -2.31. The van der Waals surface area contributed by atoms with Crippen molar-refractivity contribution in [3.63, 3.8) is 0 Å². The summed E-state index contributed by atoms with van der Waals surface area (Å²) in [5, 5.41) is 3.00. The molecule has 1 aromatic carbocycles. The Labute approximate surface area is 89.7 Å². The summed E-state index contributed by atoms with van der Waals surface area (Å²) >= 11 is 0. The number of nitrogens with one attached hydrogen (secondary N) is 1. The summed E-state index contributed by atoms with van der Waals surface area (Å²) in [5.74, 6) is 0.205. The molecule has 1 fully saturated rings. The van der Waals surface area contributed by atoms with Gasteiger partial charge < -0.3 is 5.32 Å². The molecule has 1 spiro atoms. The van der Waals surface area contributed by atoms with Crippen molar-refractivity contribution in [3.05, 3.63) is 29.8 Å². The molecule has 2 nitrogen and oxygen atoms in total. The van der Waals surface area contributed by atoms with Crippen LogP contribution in [0, 0.1) is 6.07 Å². The Morgan fingerprint density at radius 2 is 2.07 bits per heavy atom. The van der Waals surface area contributed by atoms with E-state index in [9.17, 15) is 4.79 Å². The minimum atomic E-state index is -0.217. The number of anilines is 1. The van der Waals surface area contributed by atoms with Crippen molar-refractivity contribution in [2.45, 2.75) is 37.5 Å². The van der Waals surface area contributed by atoms with E-state index in [0.717, 1.165) is 18.5 Å². The molecule has 1 aliphatic carbocycles. The molecule has 15 heavy (non-hydrogen) atoms. The molecule has 0 atom stereocenters. The summed E-state index contributed by atoms with van der Waals surface area (Å²) in [4.78, 5) is 12.1. The SMILES string of the molecule is O=C1Nc2cc[c]cc2C12CCCCC2. The van der Waals surface area contributed by atoms with Gasteiger partial charge in [-0.05, 0) is 36.6 Å². The predicted molar refractivity (Wildman–Crippen MR) is 58.7 cm³/mol. The van der Waals surface area contributed by atoms with Crippen LogP contribution in [0.15, 0.2) is 18.2 Å². The number of hydrogen-bond acceptors (Lipinski definition) is 1. The van der Waals surface area contributed by atoms with Gasteiger partial charge in [-0.3, -0.25) is 4.79 Å². The second-order valence-corrected chi connectivity index (χ2v) is 4.57. The van der Waals surface area contributed by atoms with Crippen molar-refractivity contribution in [1.29, 1.82) is 0 Å². The van der Waals surface area contributed by atoms with E-state index < -0.39 is 0 Å². The van der Waals surface area contributed by atoms with Crippen LogP contribution in [0.3, 0.4) is 0 Å². The van der Waals surface area contributed by atoms with Crippen LogP contribution in [-0.2, 0) is 10.2 Å². The predicted octanol–water partition coefficient (Wildman–Crippen LogP) is 2.64. The van der Waals surface area contributed by atoms with Crippen molar-refractivity contribution >= 4 is 11.6 Å². The van der Waals surface area contributed by atoms with Crippen molar-refractivity contribution in [2.24, 2.45) is 0 Å². The van der Waals surface area contributed by atoms with Crippen molar-refractivity contribution < 1.29 is 4.79 Å². The second-order valence-electron chi connectivity index (χ2n) is 4.57. The molecule has 0 bridgehead atoms. The number of fused-ring (bicyclic) bond motifs is 2. The lowest BCUT2D eigenvalue weighted by atomic mass is 9.70. The summed E-state index contributed by atoms with van der Waals surface area (Å²) in [6.07, 6.45) is 5.61. The fourth-order valence-electron chi connectivity index (χ4n) is 2.95. The zero-order valence-corrected chi connectivity index (χ0v) is 8.68. The first-order chi connectivity index (χ1) is 7.33. The zero-order valence-electron chi connectivity index (χ0n) is 8.68. The number of carbonyl (C=O) groups is 1. The standard InChI is InChI=1S/C13H14NO/c15-12-13(8-4-1-5-9-13)10-6-2-3-7-11(10)14-12/h3,6-7H,1,4-5,8-9H2,(H,14,15). The van der Waals surface area contributed by atoms with Gasteiger partial charge in [-0.25, -0.2) is 0 Å². The molecule has 1 aromatic rings. The largest absolute Gasteiger partial charge is 0.325 e. The van der Waals surface area contributed by atoms with Gasteiger partial charge in [0.05, 0.1) is 5.41 Å². The summed E-state index contributed by atoms with van der Waals surface area (Å²) in [7, 11) is 0. The highest BCUT2D eigenvalue weighted by Gasteiger charge is 2.46. The molecule has 3 rings (SSSR count). The first kappa shape index (κ1) is 8.96. The van der Waals surface area contributed by atoms with E-state index in [0.29, 0.717) is 0 Å². The van der Waals surface area contributed by atoms with E-state index in [1.807, 2.05) is 18.2 Å². The van der Waals surface area contributed by atoms with Gasteiger partial charge >= 0.3 is 0 Å². The molecular weight excluding hydrogens is 186 g/mol. The average Bonchev–Trinajstić information content (AvgIpc) is 2.55. The van der Waals surface area contributed by atoms with Crippen LogP contribution in [0.25, 0.3) is 0 Å². The molecule has 2 aliphatic rings. The Balaban J connectivity index is 2.11. The van der Waals surface area contributed by atoms with Crippen LogP contribution in [0.2, 0.25) is 0 Å². The van der Waals surface area contributed by atoms with Crippen LogP contribution < -0.4 is 5.32 Å². The molecule has 1 N–H and O–H groups in total. The highest BCUT2D eigenvalue weighted by Crippen LogP contribution is 2.46. The molecule has 0 aromatic heterocycles. The first-order valence-electron chi connectivity index (χ1n) is 5.65. The Morgan fingerprint density at radius 3 is 2.87 bits per heavy atom. The maximum Gasteiger partial charge on any atom is 0.235 e. The van der Waals surface area contributed by atoms with Gasteiger partial charge in [-0.2, -0.15) is 0 Å². The summed E-state index contributed by atoms with van der Waals surface area (Å²) < 4.78 is 0. The monoisotopic (exact) mass is 200 g/mol. The molecule has 0 saturated heterocycles.